The number of aromatic hydroxyl groups is 1. The lowest BCUT2D eigenvalue weighted by molar-refractivity contribution is -0.147. The number of carboxylic acids is 1. The molecule has 130 valence electrons. The highest BCUT2D eigenvalue weighted by Gasteiger charge is 2.24. The monoisotopic (exact) mass is 453 g/mol. The molecule has 0 saturated carbocycles. The zero-order valence-corrected chi connectivity index (χ0v) is 15.6. The van der Waals surface area contributed by atoms with Crippen LogP contribution in [-0.4, -0.2) is 22.1 Å². The highest BCUT2D eigenvalue weighted by Crippen LogP contribution is 2.41. The van der Waals surface area contributed by atoms with Gasteiger partial charge in [-0.25, -0.2) is 4.79 Å². The lowest BCUT2D eigenvalue weighted by Crippen LogP contribution is -2.22. The number of hydrogen-bond acceptors (Lipinski definition) is 4. The van der Waals surface area contributed by atoms with E-state index in [0.717, 1.165) is 41.7 Å². The molecule has 0 heterocycles. The number of anilines is 1. The third-order valence-corrected chi connectivity index (χ3v) is 4.98. The van der Waals surface area contributed by atoms with Crippen LogP contribution in [-0.2, 0) is 22.4 Å². The minimum atomic E-state index is -1.51. The van der Waals surface area contributed by atoms with Gasteiger partial charge in [0.05, 0.1) is 3.57 Å². The van der Waals surface area contributed by atoms with Gasteiger partial charge in [0.25, 0.3) is 0 Å². The van der Waals surface area contributed by atoms with Crippen LogP contribution in [0.15, 0.2) is 24.3 Å². The highest BCUT2D eigenvalue weighted by atomic mass is 127. The molecule has 1 aliphatic rings. The maximum absolute atomic E-state index is 11.5. The predicted octanol–water partition coefficient (Wildman–Crippen LogP) is 3.61. The number of phenols is 1. The number of aliphatic carboxylic acids is 1. The lowest BCUT2D eigenvalue weighted by atomic mass is 10.0. The van der Waals surface area contributed by atoms with E-state index in [-0.39, 0.29) is 5.75 Å². The zero-order chi connectivity index (χ0) is 18.1. The number of amides is 1. The second kappa shape index (κ2) is 6.91. The molecule has 0 unspecified atom stereocenters. The van der Waals surface area contributed by atoms with E-state index in [1.165, 1.54) is 0 Å². The average Bonchev–Trinajstić information content (AvgIpc) is 3.04. The average molecular weight is 453 g/mol. The SMILES string of the molecule is Cc1cc(NC(=O)C(=O)O)c2c(c1Oc1ccc(O)c(I)c1)CCC2. The van der Waals surface area contributed by atoms with Crippen LogP contribution in [0.1, 0.15) is 23.1 Å². The van der Waals surface area contributed by atoms with Gasteiger partial charge in [0, 0.05) is 11.3 Å². The first-order valence-electron chi connectivity index (χ1n) is 7.73. The van der Waals surface area contributed by atoms with Gasteiger partial charge in [-0.15, -0.1) is 0 Å². The van der Waals surface area contributed by atoms with E-state index in [2.05, 4.69) is 5.32 Å². The van der Waals surface area contributed by atoms with E-state index < -0.39 is 11.9 Å². The number of benzene rings is 2. The minimum Gasteiger partial charge on any atom is -0.507 e. The van der Waals surface area contributed by atoms with Crippen LogP contribution < -0.4 is 10.1 Å². The van der Waals surface area contributed by atoms with Crippen LogP contribution in [0.4, 0.5) is 5.69 Å². The number of carbonyl (C=O) groups excluding carboxylic acids is 1. The quantitative estimate of drug-likeness (QED) is 0.488. The molecular formula is C18H16INO5. The zero-order valence-electron chi connectivity index (χ0n) is 13.4. The summed E-state index contributed by atoms with van der Waals surface area (Å²) in [6.07, 6.45) is 2.48. The van der Waals surface area contributed by atoms with Gasteiger partial charge in [0.15, 0.2) is 0 Å². The first-order valence-corrected chi connectivity index (χ1v) is 8.80. The van der Waals surface area contributed by atoms with Crippen LogP contribution in [0, 0.1) is 10.5 Å². The molecule has 0 radical (unpaired) electrons. The van der Waals surface area contributed by atoms with Crippen molar-refractivity contribution in [1.82, 2.24) is 0 Å². The van der Waals surface area contributed by atoms with E-state index in [1.54, 1.807) is 24.3 Å². The van der Waals surface area contributed by atoms with Crippen molar-refractivity contribution in [2.75, 3.05) is 5.32 Å². The predicted molar refractivity (Wildman–Crippen MR) is 100 cm³/mol. The molecule has 0 aromatic heterocycles. The molecular weight excluding hydrogens is 437 g/mol. The number of aryl methyl sites for hydroxylation is 1. The molecule has 0 fully saturated rings. The van der Waals surface area contributed by atoms with Crippen molar-refractivity contribution in [3.05, 3.63) is 44.5 Å². The first kappa shape index (κ1) is 17.5. The normalized spacial score (nSPS) is 12.6. The van der Waals surface area contributed by atoms with E-state index in [4.69, 9.17) is 9.84 Å². The fraction of sp³-hybridized carbons (Fsp3) is 0.222. The van der Waals surface area contributed by atoms with Gasteiger partial charge >= 0.3 is 11.9 Å². The fourth-order valence-corrected chi connectivity index (χ4v) is 3.48. The number of phenolic OH excluding ortho intramolecular Hbond substituents is 1. The Labute approximate surface area is 158 Å². The Kier molecular flexibility index (Phi) is 4.85. The second-order valence-corrected chi connectivity index (χ2v) is 7.02. The number of nitrogens with one attached hydrogen (secondary N) is 1. The van der Waals surface area contributed by atoms with Crippen LogP contribution in [0.5, 0.6) is 17.2 Å². The minimum absolute atomic E-state index is 0.196. The van der Waals surface area contributed by atoms with Crippen molar-refractivity contribution in [3.8, 4) is 17.2 Å². The number of ether oxygens (including phenoxy) is 1. The van der Waals surface area contributed by atoms with Gasteiger partial charge in [-0.05, 0) is 84.2 Å². The Bertz CT molecular complexity index is 878. The van der Waals surface area contributed by atoms with Crippen LogP contribution in [0.2, 0.25) is 0 Å². The van der Waals surface area contributed by atoms with Gasteiger partial charge in [0.2, 0.25) is 0 Å². The van der Waals surface area contributed by atoms with Crippen molar-refractivity contribution in [2.24, 2.45) is 0 Å². The molecule has 3 N–H and O–H groups in total. The van der Waals surface area contributed by atoms with E-state index in [0.29, 0.717) is 15.0 Å². The van der Waals surface area contributed by atoms with Crippen LogP contribution >= 0.6 is 22.6 Å². The molecule has 1 amide bonds. The molecule has 0 saturated heterocycles. The van der Waals surface area contributed by atoms with Crippen LogP contribution in [0.3, 0.4) is 0 Å². The lowest BCUT2D eigenvalue weighted by Gasteiger charge is -2.17. The van der Waals surface area contributed by atoms with Crippen molar-refractivity contribution >= 4 is 40.2 Å². The molecule has 2 aromatic rings. The topological polar surface area (TPSA) is 95.9 Å². The molecule has 2 aromatic carbocycles. The Morgan fingerprint density at radius 1 is 1.20 bits per heavy atom. The van der Waals surface area contributed by atoms with Crippen molar-refractivity contribution < 1.29 is 24.5 Å². The van der Waals surface area contributed by atoms with E-state index >= 15 is 0 Å². The summed E-state index contributed by atoms with van der Waals surface area (Å²) in [5, 5.41) is 20.9. The number of hydrogen-bond donors (Lipinski definition) is 3. The van der Waals surface area contributed by atoms with Gasteiger partial charge in [0.1, 0.15) is 17.2 Å². The molecule has 0 atom stereocenters. The first-order chi connectivity index (χ1) is 11.9. The van der Waals surface area contributed by atoms with Gasteiger partial charge < -0.3 is 20.3 Å². The van der Waals surface area contributed by atoms with Gasteiger partial charge in [-0.3, -0.25) is 4.79 Å². The van der Waals surface area contributed by atoms with Crippen molar-refractivity contribution in [1.29, 1.82) is 0 Å². The molecule has 3 rings (SSSR count). The maximum Gasteiger partial charge on any atom is 0.394 e. The summed E-state index contributed by atoms with van der Waals surface area (Å²) >= 11 is 2.03. The molecule has 1 aliphatic carbocycles. The maximum atomic E-state index is 11.5. The summed E-state index contributed by atoms with van der Waals surface area (Å²) in [4.78, 5) is 22.3. The standard InChI is InChI=1S/C18H16INO5/c1-9-7-14(20-17(22)18(23)24)11-3-2-4-12(11)16(9)25-10-5-6-15(21)13(19)8-10/h5-8,21H,2-4H2,1H3,(H,20,22)(H,23,24). The number of rotatable bonds is 3. The smallest absolute Gasteiger partial charge is 0.394 e. The number of carboxylic acid groups (broad SMARTS) is 1. The third-order valence-electron chi connectivity index (χ3n) is 4.12. The summed E-state index contributed by atoms with van der Waals surface area (Å²) < 4.78 is 6.74. The Morgan fingerprint density at radius 3 is 2.60 bits per heavy atom. The molecule has 6 nitrogen and oxygen atoms in total. The largest absolute Gasteiger partial charge is 0.507 e. The Balaban J connectivity index is 1.98. The number of carbonyl (C=O) groups is 2. The fourth-order valence-electron chi connectivity index (χ4n) is 3.00. The summed E-state index contributed by atoms with van der Waals surface area (Å²) in [7, 11) is 0. The number of halogens is 1. The van der Waals surface area contributed by atoms with Gasteiger partial charge in [-0.1, -0.05) is 0 Å². The summed E-state index contributed by atoms with van der Waals surface area (Å²) in [6.45, 7) is 1.86. The van der Waals surface area contributed by atoms with E-state index in [9.17, 15) is 14.7 Å². The van der Waals surface area contributed by atoms with Crippen molar-refractivity contribution in [3.63, 3.8) is 0 Å². The summed E-state index contributed by atoms with van der Waals surface area (Å²) in [5.74, 6) is -1.02. The molecule has 0 bridgehead atoms. The number of fused-ring (bicyclic) bond motifs is 1. The molecule has 0 spiro atoms. The van der Waals surface area contributed by atoms with Crippen LogP contribution in [0.25, 0.3) is 0 Å². The third kappa shape index (κ3) is 3.55. The molecule has 7 heteroatoms. The van der Waals surface area contributed by atoms with Gasteiger partial charge in [-0.2, -0.15) is 0 Å². The van der Waals surface area contributed by atoms with E-state index in [1.807, 2.05) is 29.5 Å². The van der Waals surface area contributed by atoms with Crippen molar-refractivity contribution in [2.45, 2.75) is 26.2 Å². The Hall–Kier alpha value is -2.29. The highest BCUT2D eigenvalue weighted by molar-refractivity contribution is 14.1. The summed E-state index contributed by atoms with van der Waals surface area (Å²) in [6, 6.07) is 6.76. The second-order valence-electron chi connectivity index (χ2n) is 5.86. The summed E-state index contributed by atoms with van der Waals surface area (Å²) in [5.41, 5.74) is 3.25. The molecule has 0 aliphatic heterocycles. The Morgan fingerprint density at radius 2 is 1.92 bits per heavy atom. The molecule has 25 heavy (non-hydrogen) atoms.